The van der Waals surface area contributed by atoms with Crippen LogP contribution in [-0.4, -0.2) is 24.2 Å². The van der Waals surface area contributed by atoms with Gasteiger partial charge in [-0.15, -0.1) is 11.3 Å². The SMILES string of the molecule is Cc1ccsc1C(C)N1CCOc2c(C(=O)O)cccc21. The minimum Gasteiger partial charge on any atom is -0.489 e. The summed E-state index contributed by atoms with van der Waals surface area (Å²) < 4.78 is 5.62. The zero-order chi connectivity index (χ0) is 15.0. The molecule has 3 rings (SSSR count). The summed E-state index contributed by atoms with van der Waals surface area (Å²) in [4.78, 5) is 14.9. The van der Waals surface area contributed by atoms with E-state index in [0.717, 1.165) is 12.2 Å². The number of aryl methyl sites for hydroxylation is 1. The molecule has 0 aliphatic carbocycles. The highest BCUT2D eigenvalue weighted by Crippen LogP contribution is 2.40. The van der Waals surface area contributed by atoms with E-state index >= 15 is 0 Å². The Morgan fingerprint density at radius 3 is 2.90 bits per heavy atom. The van der Waals surface area contributed by atoms with Crippen LogP contribution >= 0.6 is 11.3 Å². The van der Waals surface area contributed by atoms with Crippen molar-refractivity contribution in [2.45, 2.75) is 19.9 Å². The maximum atomic E-state index is 11.3. The fourth-order valence-electron chi connectivity index (χ4n) is 2.79. The molecule has 0 amide bonds. The Bertz CT molecular complexity index is 680. The van der Waals surface area contributed by atoms with Gasteiger partial charge in [-0.2, -0.15) is 0 Å². The number of nitrogens with zero attached hydrogens (tertiary/aromatic N) is 1. The lowest BCUT2D eigenvalue weighted by molar-refractivity contribution is 0.0692. The number of carboxylic acids is 1. The largest absolute Gasteiger partial charge is 0.489 e. The van der Waals surface area contributed by atoms with Crippen LogP contribution in [0.1, 0.15) is 33.8 Å². The zero-order valence-corrected chi connectivity index (χ0v) is 12.8. The fourth-order valence-corrected chi connectivity index (χ4v) is 3.79. The number of rotatable bonds is 3. The lowest BCUT2D eigenvalue weighted by atomic mass is 10.1. The third-order valence-corrected chi connectivity index (χ3v) is 5.05. The lowest BCUT2D eigenvalue weighted by Crippen LogP contribution is -2.35. The molecule has 1 atom stereocenters. The Balaban J connectivity index is 2.03. The quantitative estimate of drug-likeness (QED) is 0.939. The van der Waals surface area contributed by atoms with Crippen molar-refractivity contribution in [2.75, 3.05) is 18.1 Å². The van der Waals surface area contributed by atoms with Crippen LogP contribution in [0, 0.1) is 6.92 Å². The van der Waals surface area contributed by atoms with Crippen LogP contribution in [0.5, 0.6) is 5.75 Å². The summed E-state index contributed by atoms with van der Waals surface area (Å²) >= 11 is 1.74. The summed E-state index contributed by atoms with van der Waals surface area (Å²) in [6, 6.07) is 7.62. The minimum atomic E-state index is -0.950. The number of benzene rings is 1. The molecule has 1 aromatic heterocycles. The maximum absolute atomic E-state index is 11.3. The highest BCUT2D eigenvalue weighted by atomic mass is 32.1. The van der Waals surface area contributed by atoms with Crippen molar-refractivity contribution in [3.05, 3.63) is 45.6 Å². The van der Waals surface area contributed by atoms with Gasteiger partial charge in [0.25, 0.3) is 0 Å². The summed E-state index contributed by atoms with van der Waals surface area (Å²) in [6.45, 7) is 5.53. The summed E-state index contributed by atoms with van der Waals surface area (Å²) in [7, 11) is 0. The lowest BCUT2D eigenvalue weighted by Gasteiger charge is -2.36. The summed E-state index contributed by atoms with van der Waals surface area (Å²) in [5.41, 5.74) is 2.36. The first-order chi connectivity index (χ1) is 10.1. The number of carbonyl (C=O) groups is 1. The molecule has 110 valence electrons. The normalized spacial score (nSPS) is 15.2. The van der Waals surface area contributed by atoms with Crippen LogP contribution in [0.15, 0.2) is 29.6 Å². The molecule has 0 radical (unpaired) electrons. The van der Waals surface area contributed by atoms with Crippen LogP contribution in [0.4, 0.5) is 5.69 Å². The number of carboxylic acid groups (broad SMARTS) is 1. The van der Waals surface area contributed by atoms with Crippen molar-refractivity contribution in [2.24, 2.45) is 0 Å². The van der Waals surface area contributed by atoms with E-state index in [1.54, 1.807) is 23.5 Å². The molecular weight excluding hydrogens is 286 g/mol. The van der Waals surface area contributed by atoms with Gasteiger partial charge in [-0.05, 0) is 43.0 Å². The van der Waals surface area contributed by atoms with Crippen LogP contribution < -0.4 is 9.64 Å². The molecule has 1 aliphatic rings. The number of aromatic carboxylic acids is 1. The third-order valence-electron chi connectivity index (χ3n) is 3.86. The molecule has 2 aromatic rings. The van der Waals surface area contributed by atoms with E-state index in [2.05, 4.69) is 30.2 Å². The monoisotopic (exact) mass is 303 g/mol. The second kappa shape index (κ2) is 5.41. The molecule has 0 spiro atoms. The number of para-hydroxylation sites is 1. The number of hydrogen-bond acceptors (Lipinski definition) is 4. The zero-order valence-electron chi connectivity index (χ0n) is 12.0. The minimum absolute atomic E-state index is 0.205. The van der Waals surface area contributed by atoms with E-state index in [1.165, 1.54) is 10.4 Å². The van der Waals surface area contributed by atoms with E-state index in [-0.39, 0.29) is 11.6 Å². The van der Waals surface area contributed by atoms with Crippen LogP contribution in [0.2, 0.25) is 0 Å². The highest BCUT2D eigenvalue weighted by Gasteiger charge is 2.28. The Morgan fingerprint density at radius 2 is 2.24 bits per heavy atom. The standard InChI is InChI=1S/C16H17NO3S/c1-10-6-9-21-15(10)11(2)17-7-8-20-14-12(16(18)19)4-3-5-13(14)17/h3-6,9,11H,7-8H2,1-2H3,(H,18,19). The number of fused-ring (bicyclic) bond motifs is 1. The van der Waals surface area contributed by atoms with Gasteiger partial charge in [0, 0.05) is 4.88 Å². The average Bonchev–Trinajstić information content (AvgIpc) is 2.91. The molecular formula is C16H17NO3S. The Kier molecular flexibility index (Phi) is 3.59. The van der Waals surface area contributed by atoms with Crippen molar-refractivity contribution in [3.8, 4) is 5.75 Å². The van der Waals surface area contributed by atoms with Gasteiger partial charge in [-0.25, -0.2) is 4.79 Å². The smallest absolute Gasteiger partial charge is 0.339 e. The molecule has 21 heavy (non-hydrogen) atoms. The second-order valence-corrected chi connectivity index (χ2v) is 6.09. The van der Waals surface area contributed by atoms with Gasteiger partial charge in [0.1, 0.15) is 12.2 Å². The van der Waals surface area contributed by atoms with Gasteiger partial charge in [0.05, 0.1) is 18.3 Å². The molecule has 4 nitrogen and oxygen atoms in total. The predicted octanol–water partition coefficient (Wildman–Crippen LogP) is 3.71. The van der Waals surface area contributed by atoms with Gasteiger partial charge >= 0.3 is 5.97 Å². The summed E-state index contributed by atoms with van der Waals surface area (Å²) in [5.74, 6) is -0.467. The van der Waals surface area contributed by atoms with Gasteiger partial charge < -0.3 is 14.7 Å². The van der Waals surface area contributed by atoms with Gasteiger partial charge in [0.15, 0.2) is 5.75 Å². The Morgan fingerprint density at radius 1 is 1.43 bits per heavy atom. The van der Waals surface area contributed by atoms with Crippen LogP contribution in [-0.2, 0) is 0 Å². The first kappa shape index (κ1) is 13.9. The topological polar surface area (TPSA) is 49.8 Å². The van der Waals surface area contributed by atoms with E-state index in [1.807, 2.05) is 6.07 Å². The Hall–Kier alpha value is -2.01. The fraction of sp³-hybridized carbons (Fsp3) is 0.312. The Labute approximate surface area is 127 Å². The molecule has 0 bridgehead atoms. The van der Waals surface area contributed by atoms with Crippen LogP contribution in [0.25, 0.3) is 0 Å². The molecule has 5 heteroatoms. The molecule has 0 saturated carbocycles. The molecule has 0 fully saturated rings. The number of ether oxygens (including phenoxy) is 1. The molecule has 0 saturated heterocycles. The van der Waals surface area contributed by atoms with E-state index in [9.17, 15) is 9.90 Å². The summed E-state index contributed by atoms with van der Waals surface area (Å²) in [6.07, 6.45) is 0. The van der Waals surface area contributed by atoms with E-state index in [4.69, 9.17) is 4.74 Å². The summed E-state index contributed by atoms with van der Waals surface area (Å²) in [5, 5.41) is 11.4. The van der Waals surface area contributed by atoms with Crippen molar-refractivity contribution in [1.82, 2.24) is 0 Å². The van der Waals surface area contributed by atoms with Crippen LogP contribution in [0.3, 0.4) is 0 Å². The molecule has 2 heterocycles. The number of thiophene rings is 1. The van der Waals surface area contributed by atoms with Gasteiger partial charge in [-0.1, -0.05) is 6.07 Å². The average molecular weight is 303 g/mol. The van der Waals surface area contributed by atoms with Crippen molar-refractivity contribution >= 4 is 23.0 Å². The van der Waals surface area contributed by atoms with Gasteiger partial charge in [-0.3, -0.25) is 0 Å². The first-order valence-electron chi connectivity index (χ1n) is 6.89. The van der Waals surface area contributed by atoms with Crippen molar-refractivity contribution < 1.29 is 14.6 Å². The third kappa shape index (κ3) is 2.38. The molecule has 1 aromatic carbocycles. The molecule has 1 aliphatic heterocycles. The highest BCUT2D eigenvalue weighted by molar-refractivity contribution is 7.10. The predicted molar refractivity (Wildman–Crippen MR) is 83.7 cm³/mol. The molecule has 1 N–H and O–H groups in total. The van der Waals surface area contributed by atoms with E-state index < -0.39 is 5.97 Å². The number of hydrogen-bond donors (Lipinski definition) is 1. The second-order valence-electron chi connectivity index (χ2n) is 5.14. The van der Waals surface area contributed by atoms with Crippen molar-refractivity contribution in [3.63, 3.8) is 0 Å². The van der Waals surface area contributed by atoms with E-state index in [0.29, 0.717) is 12.4 Å². The maximum Gasteiger partial charge on any atom is 0.339 e. The van der Waals surface area contributed by atoms with Crippen molar-refractivity contribution in [1.29, 1.82) is 0 Å². The number of anilines is 1. The molecule has 1 unspecified atom stereocenters. The first-order valence-corrected chi connectivity index (χ1v) is 7.77. The van der Waals surface area contributed by atoms with Gasteiger partial charge in [0.2, 0.25) is 0 Å².